The second-order valence-electron chi connectivity index (χ2n) is 5.75. The van der Waals surface area contributed by atoms with Gasteiger partial charge in [-0.25, -0.2) is 0 Å². The molecule has 0 aliphatic carbocycles. The molecule has 0 radical (unpaired) electrons. The molecular formula is C18H25Cl2N3O. The van der Waals surface area contributed by atoms with Gasteiger partial charge in [-0.3, -0.25) is 4.79 Å². The van der Waals surface area contributed by atoms with Crippen molar-refractivity contribution in [1.29, 1.82) is 0 Å². The average Bonchev–Trinajstić information content (AvgIpc) is 2.47. The van der Waals surface area contributed by atoms with Crippen LogP contribution in [0.25, 0.3) is 0 Å². The highest BCUT2D eigenvalue weighted by molar-refractivity contribution is 5.95. The molecule has 0 saturated heterocycles. The van der Waals surface area contributed by atoms with Gasteiger partial charge in [-0.1, -0.05) is 36.4 Å². The zero-order valence-corrected chi connectivity index (χ0v) is 15.6. The van der Waals surface area contributed by atoms with Crippen LogP contribution in [-0.4, -0.2) is 37.5 Å². The minimum Gasteiger partial charge on any atom is -0.399 e. The molecule has 0 aliphatic rings. The molecule has 0 spiro atoms. The number of carbonyl (C=O) groups excluding carboxylic acids is 1. The highest BCUT2D eigenvalue weighted by Crippen LogP contribution is 2.09. The molecule has 0 bridgehead atoms. The Kier molecular flexibility index (Phi) is 10.1. The Morgan fingerprint density at radius 2 is 1.75 bits per heavy atom. The summed E-state index contributed by atoms with van der Waals surface area (Å²) >= 11 is 0. The van der Waals surface area contributed by atoms with E-state index in [2.05, 4.69) is 22.3 Å². The van der Waals surface area contributed by atoms with E-state index < -0.39 is 0 Å². The maximum Gasteiger partial charge on any atom is 0.251 e. The number of benzene rings is 2. The molecular weight excluding hydrogens is 345 g/mol. The molecule has 1 amide bonds. The first kappa shape index (κ1) is 22.2. The molecule has 6 heteroatoms. The molecule has 2 aromatic rings. The molecule has 1 atom stereocenters. The van der Waals surface area contributed by atoms with E-state index in [1.807, 2.05) is 32.3 Å². The summed E-state index contributed by atoms with van der Waals surface area (Å²) in [5.74, 6) is -0.0879. The fourth-order valence-corrected chi connectivity index (χ4v) is 2.45. The van der Waals surface area contributed by atoms with E-state index in [-0.39, 0.29) is 36.8 Å². The Morgan fingerprint density at radius 1 is 1.08 bits per heavy atom. The Hall–Kier alpha value is -1.75. The van der Waals surface area contributed by atoms with Crippen molar-refractivity contribution in [2.24, 2.45) is 0 Å². The van der Waals surface area contributed by atoms with Gasteiger partial charge in [0.1, 0.15) is 0 Å². The van der Waals surface area contributed by atoms with Crippen LogP contribution in [0, 0.1) is 0 Å². The summed E-state index contributed by atoms with van der Waals surface area (Å²) in [6.07, 6.45) is 0.799. The molecule has 2 aromatic carbocycles. The van der Waals surface area contributed by atoms with Crippen LogP contribution in [0.15, 0.2) is 54.6 Å². The number of hydrogen-bond donors (Lipinski definition) is 2. The number of nitrogen functional groups attached to an aromatic ring is 1. The molecule has 3 N–H and O–H groups in total. The zero-order chi connectivity index (χ0) is 15.9. The van der Waals surface area contributed by atoms with Crippen LogP contribution in [0.5, 0.6) is 0 Å². The molecule has 1 unspecified atom stereocenters. The van der Waals surface area contributed by atoms with E-state index in [1.54, 1.807) is 24.3 Å². The van der Waals surface area contributed by atoms with Crippen LogP contribution < -0.4 is 11.1 Å². The number of anilines is 1. The van der Waals surface area contributed by atoms with Crippen molar-refractivity contribution in [2.45, 2.75) is 12.5 Å². The van der Waals surface area contributed by atoms with E-state index in [1.165, 1.54) is 5.56 Å². The van der Waals surface area contributed by atoms with Crippen molar-refractivity contribution in [3.05, 3.63) is 65.7 Å². The third kappa shape index (κ3) is 7.21. The van der Waals surface area contributed by atoms with Crippen LogP contribution in [0.1, 0.15) is 15.9 Å². The Labute approximate surface area is 156 Å². The second kappa shape index (κ2) is 10.9. The molecule has 132 valence electrons. The quantitative estimate of drug-likeness (QED) is 0.769. The highest BCUT2D eigenvalue weighted by atomic mass is 35.5. The van der Waals surface area contributed by atoms with Crippen LogP contribution in [-0.2, 0) is 6.42 Å². The fourth-order valence-electron chi connectivity index (χ4n) is 2.45. The van der Waals surface area contributed by atoms with Crippen molar-refractivity contribution in [3.63, 3.8) is 0 Å². The lowest BCUT2D eigenvalue weighted by atomic mass is 10.0. The van der Waals surface area contributed by atoms with Crippen LogP contribution in [0.2, 0.25) is 0 Å². The Bertz CT molecular complexity index is 621. The normalized spacial score (nSPS) is 11.1. The van der Waals surface area contributed by atoms with E-state index in [9.17, 15) is 4.79 Å². The molecule has 4 nitrogen and oxygen atoms in total. The fraction of sp³-hybridized carbons (Fsp3) is 0.278. The van der Waals surface area contributed by atoms with E-state index >= 15 is 0 Å². The number of rotatable bonds is 6. The van der Waals surface area contributed by atoms with Gasteiger partial charge in [0.2, 0.25) is 0 Å². The molecule has 0 aromatic heterocycles. The average molecular weight is 370 g/mol. The van der Waals surface area contributed by atoms with E-state index in [4.69, 9.17) is 5.73 Å². The predicted molar refractivity (Wildman–Crippen MR) is 105 cm³/mol. The van der Waals surface area contributed by atoms with Crippen LogP contribution in [0.3, 0.4) is 0 Å². The second-order valence-corrected chi connectivity index (χ2v) is 5.75. The van der Waals surface area contributed by atoms with Crippen molar-refractivity contribution in [1.82, 2.24) is 10.2 Å². The smallest absolute Gasteiger partial charge is 0.251 e. The monoisotopic (exact) mass is 369 g/mol. The SMILES string of the molecule is CN(C)CC(Cc1ccccc1)NC(=O)c1cccc(N)c1.Cl.Cl. The number of carbonyl (C=O) groups is 1. The topological polar surface area (TPSA) is 58.4 Å². The van der Waals surface area contributed by atoms with Crippen LogP contribution in [0.4, 0.5) is 5.69 Å². The summed E-state index contributed by atoms with van der Waals surface area (Å²) in [7, 11) is 4.01. The first-order valence-electron chi connectivity index (χ1n) is 7.39. The first-order chi connectivity index (χ1) is 10.5. The maximum absolute atomic E-state index is 12.4. The summed E-state index contributed by atoms with van der Waals surface area (Å²) in [5.41, 5.74) is 8.15. The van der Waals surface area contributed by atoms with Crippen molar-refractivity contribution in [2.75, 3.05) is 26.4 Å². The molecule has 2 rings (SSSR count). The number of nitrogens with zero attached hydrogens (tertiary/aromatic N) is 1. The summed E-state index contributed by atoms with van der Waals surface area (Å²) in [6.45, 7) is 0.781. The number of nitrogens with one attached hydrogen (secondary N) is 1. The minimum atomic E-state index is -0.0879. The van der Waals surface area contributed by atoms with Gasteiger partial charge >= 0.3 is 0 Å². The zero-order valence-electron chi connectivity index (χ0n) is 13.9. The minimum absolute atomic E-state index is 0. The lowest BCUT2D eigenvalue weighted by molar-refractivity contribution is 0.0930. The standard InChI is InChI=1S/C18H23N3O.2ClH/c1-21(2)13-17(11-14-7-4-3-5-8-14)20-18(22)15-9-6-10-16(19)12-15;;/h3-10,12,17H,11,13,19H2,1-2H3,(H,20,22);2*1H. The molecule has 0 heterocycles. The van der Waals surface area contributed by atoms with Gasteiger partial charge in [0.05, 0.1) is 0 Å². The van der Waals surface area contributed by atoms with Gasteiger partial charge in [-0.15, -0.1) is 24.8 Å². The molecule has 0 fully saturated rings. The molecule has 0 saturated carbocycles. The number of amides is 1. The van der Waals surface area contributed by atoms with Gasteiger partial charge in [-0.2, -0.15) is 0 Å². The Morgan fingerprint density at radius 3 is 2.33 bits per heavy atom. The number of nitrogens with two attached hydrogens (primary N) is 1. The van der Waals surface area contributed by atoms with Gasteiger partial charge in [-0.05, 0) is 44.3 Å². The van der Waals surface area contributed by atoms with E-state index in [0.717, 1.165) is 13.0 Å². The van der Waals surface area contributed by atoms with E-state index in [0.29, 0.717) is 11.3 Å². The summed E-state index contributed by atoms with van der Waals surface area (Å²) in [5, 5.41) is 3.10. The summed E-state index contributed by atoms with van der Waals surface area (Å²) in [4.78, 5) is 14.5. The lowest BCUT2D eigenvalue weighted by Gasteiger charge is -2.22. The first-order valence-corrected chi connectivity index (χ1v) is 7.39. The molecule has 24 heavy (non-hydrogen) atoms. The predicted octanol–water partition coefficient (Wildman–Crippen LogP) is 3.02. The van der Waals surface area contributed by atoms with Crippen molar-refractivity contribution < 1.29 is 4.79 Å². The summed E-state index contributed by atoms with van der Waals surface area (Å²) < 4.78 is 0. The number of halogens is 2. The number of hydrogen-bond acceptors (Lipinski definition) is 3. The van der Waals surface area contributed by atoms with Gasteiger partial charge < -0.3 is 16.0 Å². The summed E-state index contributed by atoms with van der Waals surface area (Å²) in [6, 6.07) is 17.3. The van der Waals surface area contributed by atoms with Gasteiger partial charge in [0.15, 0.2) is 0 Å². The number of likely N-dealkylation sites (N-methyl/N-ethyl adjacent to an activating group) is 1. The van der Waals surface area contributed by atoms with Crippen molar-refractivity contribution in [3.8, 4) is 0 Å². The largest absolute Gasteiger partial charge is 0.399 e. The third-order valence-electron chi connectivity index (χ3n) is 3.39. The highest BCUT2D eigenvalue weighted by Gasteiger charge is 2.15. The van der Waals surface area contributed by atoms with Crippen molar-refractivity contribution >= 4 is 36.4 Å². The van der Waals surface area contributed by atoms with Gasteiger partial charge in [0.25, 0.3) is 5.91 Å². The molecule has 0 aliphatic heterocycles. The third-order valence-corrected chi connectivity index (χ3v) is 3.39. The van der Waals surface area contributed by atoms with Gasteiger partial charge in [0, 0.05) is 23.8 Å². The maximum atomic E-state index is 12.4. The Balaban J connectivity index is 0.00000264. The lowest BCUT2D eigenvalue weighted by Crippen LogP contribution is -2.43. The van der Waals surface area contributed by atoms with Crippen LogP contribution >= 0.6 is 24.8 Å².